The average Bonchev–Trinajstić information content (AvgIpc) is 1.84. The normalized spacial score (nSPS) is 11.2. The Morgan fingerprint density at radius 2 is 2.11 bits per heavy atom. The molecule has 0 fully saturated rings. The van der Waals surface area contributed by atoms with Gasteiger partial charge in [0.1, 0.15) is 0 Å². The minimum atomic E-state index is -3.00. The van der Waals surface area contributed by atoms with Crippen molar-refractivity contribution in [1.82, 2.24) is 0 Å². The zero-order valence-corrected chi connectivity index (χ0v) is 6.02. The van der Waals surface area contributed by atoms with Gasteiger partial charge in [-0.2, -0.15) is 0 Å². The minimum Gasteiger partial charge on any atom is -0.330 e. The lowest BCUT2D eigenvalue weighted by molar-refractivity contribution is 0.602. The van der Waals surface area contributed by atoms with Crippen LogP contribution in [0.25, 0.3) is 0 Å². The van der Waals surface area contributed by atoms with Gasteiger partial charge in [0.15, 0.2) is 9.84 Å². The first-order chi connectivity index (χ1) is 4.12. The molecule has 3 nitrogen and oxygen atoms in total. The molecular weight excluding hydrogens is 138 g/mol. The molecule has 0 spiro atoms. The number of rotatable bonds is 4. The summed E-state index contributed by atoms with van der Waals surface area (Å²) >= 11 is 0. The molecule has 0 saturated carbocycles. The van der Waals surface area contributed by atoms with Crippen LogP contribution >= 0.6 is 0 Å². The smallest absolute Gasteiger partial charge is 0.171 e. The highest BCUT2D eigenvalue weighted by molar-refractivity contribution is 7.94. The summed E-state index contributed by atoms with van der Waals surface area (Å²) in [6.45, 7) is 3.57. The van der Waals surface area contributed by atoms with E-state index in [2.05, 4.69) is 6.58 Å². The number of hydrogen-bond acceptors (Lipinski definition) is 3. The fourth-order valence-electron chi connectivity index (χ4n) is 0.368. The Morgan fingerprint density at radius 3 is 2.44 bits per heavy atom. The molecule has 0 amide bonds. The second-order valence-corrected chi connectivity index (χ2v) is 3.74. The summed E-state index contributed by atoms with van der Waals surface area (Å²) in [7, 11) is -3.00. The van der Waals surface area contributed by atoms with E-state index < -0.39 is 9.84 Å². The summed E-state index contributed by atoms with van der Waals surface area (Å²) < 4.78 is 21.2. The third kappa shape index (κ3) is 4.17. The highest BCUT2D eigenvalue weighted by Gasteiger charge is 2.01. The van der Waals surface area contributed by atoms with E-state index in [9.17, 15) is 8.42 Å². The molecule has 0 rings (SSSR count). The van der Waals surface area contributed by atoms with Crippen LogP contribution in [0.1, 0.15) is 6.42 Å². The number of sulfone groups is 1. The Kier molecular flexibility index (Phi) is 3.49. The Bertz CT molecular complexity index is 171. The average molecular weight is 149 g/mol. The molecule has 0 bridgehead atoms. The first-order valence-corrected chi connectivity index (χ1v) is 4.39. The van der Waals surface area contributed by atoms with Crippen molar-refractivity contribution in [3.05, 3.63) is 12.0 Å². The maximum atomic E-state index is 10.6. The Hall–Kier alpha value is -0.350. The molecule has 0 aliphatic carbocycles. The van der Waals surface area contributed by atoms with Crippen LogP contribution in [0, 0.1) is 0 Å². The van der Waals surface area contributed by atoms with Gasteiger partial charge < -0.3 is 5.73 Å². The second kappa shape index (κ2) is 3.63. The van der Waals surface area contributed by atoms with Crippen LogP contribution in [-0.4, -0.2) is 20.7 Å². The lowest BCUT2D eigenvalue weighted by Crippen LogP contribution is -2.08. The maximum Gasteiger partial charge on any atom is 0.171 e. The van der Waals surface area contributed by atoms with Crippen LogP contribution in [-0.2, 0) is 9.84 Å². The van der Waals surface area contributed by atoms with Crippen molar-refractivity contribution >= 4 is 9.84 Å². The molecule has 0 aromatic carbocycles. The molecule has 4 heteroatoms. The molecule has 0 aromatic rings. The van der Waals surface area contributed by atoms with Gasteiger partial charge in [-0.05, 0) is 13.0 Å². The predicted octanol–water partition coefficient (Wildman–Crippen LogP) is -0.106. The lowest BCUT2D eigenvalue weighted by atomic mass is 10.5. The van der Waals surface area contributed by atoms with Crippen molar-refractivity contribution in [3.8, 4) is 0 Å². The summed E-state index contributed by atoms with van der Waals surface area (Å²) in [6.07, 6.45) is 0.508. The zero-order valence-electron chi connectivity index (χ0n) is 5.21. The van der Waals surface area contributed by atoms with Crippen LogP contribution in [0.2, 0.25) is 0 Å². The van der Waals surface area contributed by atoms with E-state index in [1.54, 1.807) is 0 Å². The van der Waals surface area contributed by atoms with Crippen LogP contribution in [0.4, 0.5) is 0 Å². The molecule has 0 aliphatic rings. The molecule has 9 heavy (non-hydrogen) atoms. The van der Waals surface area contributed by atoms with Crippen LogP contribution < -0.4 is 5.73 Å². The lowest BCUT2D eigenvalue weighted by Gasteiger charge is -1.93. The predicted molar refractivity (Wildman–Crippen MR) is 37.7 cm³/mol. The topological polar surface area (TPSA) is 60.2 Å². The van der Waals surface area contributed by atoms with Gasteiger partial charge >= 0.3 is 0 Å². The SMILES string of the molecule is C=CS(=O)(=O)CCCN. The first kappa shape index (κ1) is 8.65. The van der Waals surface area contributed by atoms with Gasteiger partial charge in [0.2, 0.25) is 0 Å². The summed E-state index contributed by atoms with van der Waals surface area (Å²) in [4.78, 5) is 0. The van der Waals surface area contributed by atoms with Crippen LogP contribution in [0.15, 0.2) is 12.0 Å². The molecular formula is C5H11NO2S. The van der Waals surface area contributed by atoms with E-state index in [4.69, 9.17) is 5.73 Å². The van der Waals surface area contributed by atoms with Crippen molar-refractivity contribution in [2.75, 3.05) is 12.3 Å². The van der Waals surface area contributed by atoms with Crippen molar-refractivity contribution in [3.63, 3.8) is 0 Å². The zero-order chi connectivity index (χ0) is 7.33. The van der Waals surface area contributed by atoms with E-state index in [-0.39, 0.29) is 5.75 Å². The first-order valence-electron chi connectivity index (χ1n) is 2.67. The summed E-state index contributed by atoms with van der Waals surface area (Å²) in [5.74, 6) is 0.118. The highest BCUT2D eigenvalue weighted by Crippen LogP contribution is 1.91. The molecule has 0 aromatic heterocycles. The van der Waals surface area contributed by atoms with Crippen molar-refractivity contribution < 1.29 is 8.42 Å². The van der Waals surface area contributed by atoms with Gasteiger partial charge in [-0.25, -0.2) is 8.42 Å². The quantitative estimate of drug-likeness (QED) is 0.607. The van der Waals surface area contributed by atoms with Crippen LogP contribution in [0.5, 0.6) is 0 Å². The third-order valence-electron chi connectivity index (χ3n) is 0.887. The molecule has 0 unspecified atom stereocenters. The molecule has 0 aliphatic heterocycles. The van der Waals surface area contributed by atoms with Crippen molar-refractivity contribution in [2.24, 2.45) is 5.73 Å². The standard InChI is InChI=1S/C5H11NO2S/c1-2-9(7,8)5-3-4-6/h2H,1,3-6H2. The monoisotopic (exact) mass is 149 g/mol. The summed E-state index contributed by atoms with van der Waals surface area (Å²) in [6, 6.07) is 0. The number of hydrogen-bond donors (Lipinski definition) is 1. The Morgan fingerprint density at radius 1 is 1.56 bits per heavy atom. The van der Waals surface area contributed by atoms with Gasteiger partial charge in [-0.3, -0.25) is 0 Å². The Labute approximate surface area is 55.5 Å². The number of nitrogens with two attached hydrogens (primary N) is 1. The third-order valence-corrected chi connectivity index (χ3v) is 2.25. The molecule has 0 heterocycles. The maximum absolute atomic E-state index is 10.6. The van der Waals surface area contributed by atoms with Crippen molar-refractivity contribution in [2.45, 2.75) is 6.42 Å². The van der Waals surface area contributed by atoms with Gasteiger partial charge in [0.05, 0.1) is 5.75 Å². The highest BCUT2D eigenvalue weighted by atomic mass is 32.2. The fraction of sp³-hybridized carbons (Fsp3) is 0.600. The van der Waals surface area contributed by atoms with Gasteiger partial charge in [-0.15, -0.1) is 0 Å². The minimum absolute atomic E-state index is 0.118. The molecule has 54 valence electrons. The summed E-state index contributed by atoms with van der Waals surface area (Å²) in [5.41, 5.74) is 5.09. The van der Waals surface area contributed by atoms with E-state index >= 15 is 0 Å². The van der Waals surface area contributed by atoms with Crippen molar-refractivity contribution in [1.29, 1.82) is 0 Å². The van der Waals surface area contributed by atoms with Gasteiger partial charge in [0, 0.05) is 5.41 Å². The molecule has 0 saturated heterocycles. The molecule has 2 N–H and O–H groups in total. The summed E-state index contributed by atoms with van der Waals surface area (Å²) in [5, 5.41) is 0.961. The molecule has 0 radical (unpaired) electrons. The van der Waals surface area contributed by atoms with Gasteiger partial charge in [0.25, 0.3) is 0 Å². The van der Waals surface area contributed by atoms with Crippen LogP contribution in [0.3, 0.4) is 0 Å². The van der Waals surface area contributed by atoms with E-state index in [0.29, 0.717) is 13.0 Å². The largest absolute Gasteiger partial charge is 0.330 e. The van der Waals surface area contributed by atoms with Gasteiger partial charge in [-0.1, -0.05) is 6.58 Å². The van der Waals surface area contributed by atoms with E-state index in [1.165, 1.54) is 0 Å². The fourth-order valence-corrected chi connectivity index (χ4v) is 1.10. The van der Waals surface area contributed by atoms with E-state index in [0.717, 1.165) is 5.41 Å². The second-order valence-electron chi connectivity index (χ2n) is 1.68. The molecule has 0 atom stereocenters. The van der Waals surface area contributed by atoms with E-state index in [1.807, 2.05) is 0 Å². The Balaban J connectivity index is 3.75.